The number of aldehydes is 1. The van der Waals surface area contributed by atoms with Crippen LogP contribution in [0.2, 0.25) is 0 Å². The van der Waals surface area contributed by atoms with E-state index in [-0.39, 0.29) is 11.7 Å². The van der Waals surface area contributed by atoms with Gasteiger partial charge in [0.1, 0.15) is 17.9 Å². The van der Waals surface area contributed by atoms with Gasteiger partial charge in [0.25, 0.3) is 0 Å². The summed E-state index contributed by atoms with van der Waals surface area (Å²) in [5.41, 5.74) is -0.612. The van der Waals surface area contributed by atoms with E-state index >= 15 is 0 Å². The summed E-state index contributed by atoms with van der Waals surface area (Å²) in [7, 11) is 0. The molecule has 0 radical (unpaired) electrons. The molecule has 0 aliphatic rings. The first-order chi connectivity index (χ1) is 10.2. The molecule has 0 aromatic carbocycles. The van der Waals surface area contributed by atoms with Crippen LogP contribution in [0.4, 0.5) is 4.79 Å². The Labute approximate surface area is 133 Å². The second-order valence-corrected chi connectivity index (χ2v) is 6.45. The summed E-state index contributed by atoms with van der Waals surface area (Å²) in [6, 6.07) is -0.683. The molecular weight excluding hydrogens is 282 g/mol. The number of nitrogens with one attached hydrogen (secondary N) is 1. The highest BCUT2D eigenvalue weighted by molar-refractivity contribution is 6.01. The van der Waals surface area contributed by atoms with E-state index in [1.807, 2.05) is 13.8 Å². The monoisotopic (exact) mass is 309 g/mol. The molecule has 0 fully saturated rings. The first-order valence-corrected chi connectivity index (χ1v) is 7.63. The molecule has 0 unspecified atom stereocenters. The molecule has 22 heavy (non-hydrogen) atoms. The van der Waals surface area contributed by atoms with Crippen LogP contribution >= 0.6 is 0 Å². The predicted octanol–water partition coefficient (Wildman–Crippen LogP) is 2.87. The maximum absolute atomic E-state index is 12.1. The molecule has 1 atom stereocenters. The van der Waals surface area contributed by atoms with Crippen molar-refractivity contribution in [1.29, 1.82) is 0 Å². The minimum absolute atomic E-state index is 0.0793. The SMILES string of the molecule is CC(C)[C@H](NC(=O)OC(C)(C)C)C(=O)C#CCCCCC=O. The standard InChI is InChI=1S/C17H27NO4/c1-13(2)15(18-16(21)22-17(3,4)5)14(20)11-9-7-6-8-10-12-19/h12-13,15H,6-8,10H2,1-5H3,(H,18,21)/t15-/m0/s1. The first-order valence-electron chi connectivity index (χ1n) is 7.63. The van der Waals surface area contributed by atoms with E-state index in [0.717, 1.165) is 19.1 Å². The van der Waals surface area contributed by atoms with Crippen molar-refractivity contribution in [2.24, 2.45) is 5.92 Å². The molecule has 0 saturated heterocycles. The molecule has 5 heteroatoms. The largest absolute Gasteiger partial charge is 0.444 e. The number of ether oxygens (including phenoxy) is 1. The molecule has 0 aromatic rings. The topological polar surface area (TPSA) is 72.5 Å². The van der Waals surface area contributed by atoms with Crippen LogP contribution in [0.15, 0.2) is 0 Å². The van der Waals surface area contributed by atoms with Crippen LogP contribution in [-0.4, -0.2) is 29.8 Å². The second kappa shape index (κ2) is 9.99. The third kappa shape index (κ3) is 9.98. The zero-order valence-electron chi connectivity index (χ0n) is 14.2. The van der Waals surface area contributed by atoms with Crippen molar-refractivity contribution < 1.29 is 19.1 Å². The number of alkyl carbamates (subject to hydrolysis) is 1. The quantitative estimate of drug-likeness (QED) is 0.340. The van der Waals surface area contributed by atoms with Crippen LogP contribution in [-0.2, 0) is 14.3 Å². The lowest BCUT2D eigenvalue weighted by Crippen LogP contribution is -2.46. The lowest BCUT2D eigenvalue weighted by atomic mass is 10.00. The van der Waals surface area contributed by atoms with Crippen LogP contribution in [0.1, 0.15) is 60.3 Å². The van der Waals surface area contributed by atoms with Crippen molar-refractivity contribution in [1.82, 2.24) is 5.32 Å². The molecule has 1 amide bonds. The van der Waals surface area contributed by atoms with Gasteiger partial charge >= 0.3 is 6.09 Å². The normalized spacial score (nSPS) is 12.1. The molecule has 5 nitrogen and oxygen atoms in total. The molecule has 0 aliphatic carbocycles. The van der Waals surface area contributed by atoms with Gasteiger partial charge in [0.15, 0.2) is 0 Å². The Kier molecular flexibility index (Phi) is 9.16. The van der Waals surface area contributed by atoms with E-state index in [2.05, 4.69) is 17.2 Å². The molecule has 0 heterocycles. The highest BCUT2D eigenvalue weighted by Crippen LogP contribution is 2.09. The van der Waals surface area contributed by atoms with E-state index in [1.165, 1.54) is 0 Å². The van der Waals surface area contributed by atoms with Crippen LogP contribution in [0.3, 0.4) is 0 Å². The molecule has 0 saturated carbocycles. The highest BCUT2D eigenvalue weighted by Gasteiger charge is 2.25. The van der Waals surface area contributed by atoms with Crippen LogP contribution in [0, 0.1) is 17.8 Å². The molecule has 0 spiro atoms. The van der Waals surface area contributed by atoms with Crippen molar-refractivity contribution >= 4 is 18.2 Å². The number of hydrogen-bond acceptors (Lipinski definition) is 4. The highest BCUT2D eigenvalue weighted by atomic mass is 16.6. The van der Waals surface area contributed by atoms with Gasteiger partial charge in [0.2, 0.25) is 5.78 Å². The van der Waals surface area contributed by atoms with Gasteiger partial charge in [-0.15, -0.1) is 0 Å². The fraction of sp³-hybridized carbons (Fsp3) is 0.706. The molecule has 0 rings (SSSR count). The molecular formula is C17H27NO4. The van der Waals surface area contributed by atoms with E-state index in [0.29, 0.717) is 12.8 Å². The Morgan fingerprint density at radius 1 is 1.23 bits per heavy atom. The van der Waals surface area contributed by atoms with Gasteiger partial charge in [-0.3, -0.25) is 4.79 Å². The summed E-state index contributed by atoms with van der Waals surface area (Å²) in [4.78, 5) is 34.0. The first kappa shape index (κ1) is 20.2. The fourth-order valence-electron chi connectivity index (χ4n) is 1.64. The number of amides is 1. The Morgan fingerprint density at radius 3 is 2.36 bits per heavy atom. The molecule has 1 N–H and O–H groups in total. The summed E-state index contributed by atoms with van der Waals surface area (Å²) >= 11 is 0. The van der Waals surface area contributed by atoms with Crippen molar-refractivity contribution in [2.45, 2.75) is 71.9 Å². The predicted molar refractivity (Wildman–Crippen MR) is 85.3 cm³/mol. The lowest BCUT2D eigenvalue weighted by molar-refractivity contribution is -0.116. The number of carbonyl (C=O) groups is 3. The molecule has 0 aliphatic heterocycles. The van der Waals surface area contributed by atoms with Gasteiger partial charge in [-0.2, -0.15) is 0 Å². The van der Waals surface area contributed by atoms with Gasteiger partial charge in [-0.25, -0.2) is 4.79 Å². The third-order valence-electron chi connectivity index (χ3n) is 2.71. The van der Waals surface area contributed by atoms with Crippen molar-refractivity contribution in [2.75, 3.05) is 0 Å². The van der Waals surface area contributed by atoms with Crippen molar-refractivity contribution in [3.05, 3.63) is 0 Å². The van der Waals surface area contributed by atoms with E-state index < -0.39 is 17.7 Å². The van der Waals surface area contributed by atoms with E-state index in [4.69, 9.17) is 4.74 Å². The number of ketones is 1. The molecule has 0 aromatic heterocycles. The summed E-state index contributed by atoms with van der Waals surface area (Å²) < 4.78 is 5.15. The Balaban J connectivity index is 4.49. The Morgan fingerprint density at radius 2 is 1.86 bits per heavy atom. The number of rotatable bonds is 7. The second-order valence-electron chi connectivity index (χ2n) is 6.45. The summed E-state index contributed by atoms with van der Waals surface area (Å²) in [5, 5.41) is 2.57. The van der Waals surface area contributed by atoms with Crippen LogP contribution in [0.25, 0.3) is 0 Å². The van der Waals surface area contributed by atoms with Gasteiger partial charge < -0.3 is 14.8 Å². The zero-order chi connectivity index (χ0) is 17.2. The minimum atomic E-state index is -0.683. The average molecular weight is 309 g/mol. The number of Topliss-reactive ketones (excluding diaryl/α,β-unsaturated/α-hetero) is 1. The minimum Gasteiger partial charge on any atom is -0.444 e. The van der Waals surface area contributed by atoms with Gasteiger partial charge in [0.05, 0.1) is 0 Å². The number of hydrogen-bond donors (Lipinski definition) is 1. The maximum Gasteiger partial charge on any atom is 0.408 e. The summed E-state index contributed by atoms with van der Waals surface area (Å²) in [6.07, 6.45) is 2.90. The molecule has 0 bridgehead atoms. The van der Waals surface area contributed by atoms with Crippen molar-refractivity contribution in [3.8, 4) is 11.8 Å². The van der Waals surface area contributed by atoms with Gasteiger partial charge in [0, 0.05) is 12.8 Å². The zero-order valence-corrected chi connectivity index (χ0v) is 14.2. The van der Waals surface area contributed by atoms with Crippen LogP contribution in [0.5, 0.6) is 0 Å². The average Bonchev–Trinajstić information content (AvgIpc) is 2.37. The Hall–Kier alpha value is -1.83. The number of unbranched alkanes of at least 4 members (excludes halogenated alkanes) is 3. The smallest absolute Gasteiger partial charge is 0.408 e. The summed E-state index contributed by atoms with van der Waals surface area (Å²) in [6.45, 7) is 8.96. The van der Waals surface area contributed by atoms with Crippen molar-refractivity contribution in [3.63, 3.8) is 0 Å². The van der Waals surface area contributed by atoms with Gasteiger partial charge in [-0.1, -0.05) is 19.8 Å². The molecule has 124 valence electrons. The fourth-order valence-corrected chi connectivity index (χ4v) is 1.64. The summed E-state index contributed by atoms with van der Waals surface area (Å²) in [5.74, 6) is 4.95. The van der Waals surface area contributed by atoms with Gasteiger partial charge in [-0.05, 0) is 45.5 Å². The van der Waals surface area contributed by atoms with E-state index in [1.54, 1.807) is 20.8 Å². The third-order valence-corrected chi connectivity index (χ3v) is 2.71. The lowest BCUT2D eigenvalue weighted by Gasteiger charge is -2.23. The van der Waals surface area contributed by atoms with E-state index in [9.17, 15) is 14.4 Å². The Bertz CT molecular complexity index is 438. The number of carbonyl (C=O) groups excluding carboxylic acids is 3. The maximum atomic E-state index is 12.1. The van der Waals surface area contributed by atoms with Crippen LogP contribution < -0.4 is 5.32 Å².